The summed E-state index contributed by atoms with van der Waals surface area (Å²) >= 11 is 1.38. The van der Waals surface area contributed by atoms with E-state index in [9.17, 15) is 18.4 Å². The number of aromatic nitrogens is 1. The maximum atomic E-state index is 14.3. The molecule has 1 aliphatic rings. The average Bonchev–Trinajstić information content (AvgIpc) is 3.30. The first-order valence-corrected chi connectivity index (χ1v) is 12.0. The van der Waals surface area contributed by atoms with E-state index >= 15 is 0 Å². The monoisotopic (exact) mass is 484 g/mol. The molecule has 0 spiro atoms. The molecule has 1 fully saturated rings. The number of carbonyl (C=O) groups is 2. The van der Waals surface area contributed by atoms with Crippen molar-refractivity contribution in [2.75, 3.05) is 26.2 Å². The highest BCUT2D eigenvalue weighted by Gasteiger charge is 2.25. The summed E-state index contributed by atoms with van der Waals surface area (Å²) in [5.74, 6) is -0.730. The lowest BCUT2D eigenvalue weighted by atomic mass is 10.1. The van der Waals surface area contributed by atoms with E-state index in [1.54, 1.807) is 45.5 Å². The molecule has 1 aromatic heterocycles. The molecule has 9 heteroatoms. The first kappa shape index (κ1) is 24.0. The summed E-state index contributed by atoms with van der Waals surface area (Å²) in [5, 5.41) is 2.48. The summed E-state index contributed by atoms with van der Waals surface area (Å²) in [6, 6.07) is 12.8. The van der Waals surface area contributed by atoms with Gasteiger partial charge in [0, 0.05) is 57.1 Å². The maximum Gasteiger partial charge on any atom is 0.273 e. The number of carbonyl (C=O) groups excluding carboxylic acids is 2. The minimum atomic E-state index is -0.309. The van der Waals surface area contributed by atoms with Crippen LogP contribution in [0.3, 0.4) is 0 Å². The van der Waals surface area contributed by atoms with Gasteiger partial charge in [0.05, 0.1) is 6.54 Å². The second kappa shape index (κ2) is 10.8. The Kier molecular flexibility index (Phi) is 7.64. The Labute approximate surface area is 201 Å². The molecule has 0 saturated carbocycles. The zero-order valence-corrected chi connectivity index (χ0v) is 19.7. The smallest absolute Gasteiger partial charge is 0.273 e. The zero-order valence-electron chi connectivity index (χ0n) is 18.9. The van der Waals surface area contributed by atoms with Gasteiger partial charge in [0.2, 0.25) is 5.91 Å². The Balaban J connectivity index is 1.46. The van der Waals surface area contributed by atoms with Crippen molar-refractivity contribution < 1.29 is 18.4 Å². The Hall–Kier alpha value is -3.17. The van der Waals surface area contributed by atoms with Gasteiger partial charge in [-0.05, 0) is 23.8 Å². The normalized spacial score (nSPS) is 14.0. The Morgan fingerprint density at radius 3 is 2.29 bits per heavy atom. The van der Waals surface area contributed by atoms with Crippen molar-refractivity contribution in [3.8, 4) is 0 Å². The molecule has 34 heavy (non-hydrogen) atoms. The van der Waals surface area contributed by atoms with Crippen molar-refractivity contribution >= 4 is 23.2 Å². The third-order valence-corrected chi connectivity index (χ3v) is 6.65. The van der Waals surface area contributed by atoms with Gasteiger partial charge in [-0.3, -0.25) is 14.5 Å². The molecule has 0 N–H and O–H groups in total. The summed E-state index contributed by atoms with van der Waals surface area (Å²) in [7, 11) is 0. The van der Waals surface area contributed by atoms with Crippen molar-refractivity contribution in [3.05, 3.63) is 87.4 Å². The van der Waals surface area contributed by atoms with Crippen LogP contribution in [0.15, 0.2) is 53.9 Å². The molecule has 2 amide bonds. The molecule has 3 aromatic rings. The number of thiazole rings is 1. The zero-order chi connectivity index (χ0) is 24.1. The molecule has 4 rings (SSSR count). The van der Waals surface area contributed by atoms with Crippen molar-refractivity contribution in [3.63, 3.8) is 0 Å². The van der Waals surface area contributed by atoms with Gasteiger partial charge < -0.3 is 9.80 Å². The Morgan fingerprint density at radius 1 is 0.941 bits per heavy atom. The molecular weight excluding hydrogens is 458 g/mol. The van der Waals surface area contributed by atoms with E-state index in [1.807, 2.05) is 4.90 Å². The third kappa shape index (κ3) is 6.03. The van der Waals surface area contributed by atoms with E-state index in [4.69, 9.17) is 0 Å². The first-order chi connectivity index (χ1) is 16.4. The summed E-state index contributed by atoms with van der Waals surface area (Å²) in [6.45, 7) is 4.78. The molecule has 2 aromatic carbocycles. The fourth-order valence-corrected chi connectivity index (χ4v) is 4.75. The molecule has 6 nitrogen and oxygen atoms in total. The van der Waals surface area contributed by atoms with Gasteiger partial charge in [0.1, 0.15) is 22.3 Å². The van der Waals surface area contributed by atoms with Gasteiger partial charge in [-0.2, -0.15) is 0 Å². The van der Waals surface area contributed by atoms with E-state index in [0.29, 0.717) is 57.1 Å². The minimum absolute atomic E-state index is 0.0131. The van der Waals surface area contributed by atoms with E-state index in [2.05, 4.69) is 4.98 Å². The predicted octanol–water partition coefficient (Wildman–Crippen LogP) is 3.93. The molecule has 0 aliphatic carbocycles. The van der Waals surface area contributed by atoms with Gasteiger partial charge in [-0.15, -0.1) is 11.3 Å². The number of rotatable bonds is 7. The molecule has 1 aliphatic heterocycles. The fourth-order valence-electron chi connectivity index (χ4n) is 3.94. The largest absolute Gasteiger partial charge is 0.339 e. The second-order valence-electron chi connectivity index (χ2n) is 8.29. The van der Waals surface area contributed by atoms with Crippen molar-refractivity contribution in [1.29, 1.82) is 0 Å². The van der Waals surface area contributed by atoms with Crippen LogP contribution in [-0.2, 0) is 24.4 Å². The Bertz CT molecular complexity index is 1140. The van der Waals surface area contributed by atoms with Crippen molar-refractivity contribution in [2.45, 2.75) is 26.6 Å². The summed E-state index contributed by atoms with van der Waals surface area (Å²) < 4.78 is 27.6. The number of halogens is 2. The lowest BCUT2D eigenvalue weighted by Gasteiger charge is -2.33. The van der Waals surface area contributed by atoms with E-state index in [-0.39, 0.29) is 23.4 Å². The van der Waals surface area contributed by atoms with Crippen LogP contribution >= 0.6 is 11.3 Å². The molecule has 1 saturated heterocycles. The van der Waals surface area contributed by atoms with E-state index in [1.165, 1.54) is 36.5 Å². The summed E-state index contributed by atoms with van der Waals surface area (Å²) in [5.41, 5.74) is 1.83. The lowest BCUT2D eigenvalue weighted by Crippen LogP contribution is -2.50. The molecule has 0 radical (unpaired) electrons. The molecule has 0 atom stereocenters. The van der Waals surface area contributed by atoms with Gasteiger partial charge in [-0.1, -0.05) is 30.3 Å². The van der Waals surface area contributed by atoms with Crippen LogP contribution < -0.4 is 0 Å². The summed E-state index contributed by atoms with van der Waals surface area (Å²) in [6.07, 6.45) is 0. The topological polar surface area (TPSA) is 56.8 Å². The molecule has 2 heterocycles. The number of amides is 2. The molecular formula is C25H26F2N4O2S. The van der Waals surface area contributed by atoms with Crippen LogP contribution in [0.4, 0.5) is 8.78 Å². The van der Waals surface area contributed by atoms with Crippen molar-refractivity contribution in [2.24, 2.45) is 0 Å². The number of benzene rings is 2. The predicted molar refractivity (Wildman–Crippen MR) is 126 cm³/mol. The van der Waals surface area contributed by atoms with Crippen LogP contribution in [-0.4, -0.2) is 57.7 Å². The lowest BCUT2D eigenvalue weighted by molar-refractivity contribution is -0.130. The van der Waals surface area contributed by atoms with Crippen LogP contribution in [0, 0.1) is 11.6 Å². The summed E-state index contributed by atoms with van der Waals surface area (Å²) in [4.78, 5) is 34.4. The first-order valence-electron chi connectivity index (χ1n) is 11.1. The number of piperazine rings is 1. The second-order valence-corrected chi connectivity index (χ2v) is 9.23. The van der Waals surface area contributed by atoms with Crippen LogP contribution in [0.5, 0.6) is 0 Å². The molecule has 178 valence electrons. The number of hydrogen-bond donors (Lipinski definition) is 0. The average molecular weight is 485 g/mol. The van der Waals surface area contributed by atoms with Gasteiger partial charge >= 0.3 is 0 Å². The van der Waals surface area contributed by atoms with Crippen molar-refractivity contribution in [1.82, 2.24) is 19.7 Å². The Morgan fingerprint density at radius 2 is 1.62 bits per heavy atom. The highest BCUT2D eigenvalue weighted by Crippen LogP contribution is 2.20. The van der Waals surface area contributed by atoms with Gasteiger partial charge in [0.15, 0.2) is 0 Å². The number of nitrogens with zero attached hydrogens (tertiary/aromatic N) is 4. The van der Waals surface area contributed by atoms with Crippen LogP contribution in [0.2, 0.25) is 0 Å². The van der Waals surface area contributed by atoms with E-state index in [0.717, 1.165) is 10.6 Å². The number of hydrogen-bond acceptors (Lipinski definition) is 5. The maximum absolute atomic E-state index is 14.3. The third-order valence-electron chi connectivity index (χ3n) is 5.81. The molecule has 0 bridgehead atoms. The molecule has 0 unspecified atom stereocenters. The standard InChI is InChI=1S/C25H26F2N4O2S/c1-18(32)30-10-12-31(13-11-30)25(33)23-17-34-24(28-23)16-29(14-19-6-8-21(26)9-7-19)15-20-4-2-3-5-22(20)27/h2-9,17H,10-16H2,1H3. The fraction of sp³-hybridized carbons (Fsp3) is 0.320. The van der Waals surface area contributed by atoms with Crippen LogP contribution in [0.25, 0.3) is 0 Å². The highest BCUT2D eigenvalue weighted by atomic mass is 32.1. The van der Waals surface area contributed by atoms with E-state index < -0.39 is 0 Å². The minimum Gasteiger partial charge on any atom is -0.339 e. The van der Waals surface area contributed by atoms with Gasteiger partial charge in [-0.25, -0.2) is 13.8 Å². The quantitative estimate of drug-likeness (QED) is 0.510. The van der Waals surface area contributed by atoms with Gasteiger partial charge in [0.25, 0.3) is 5.91 Å². The van der Waals surface area contributed by atoms with Crippen LogP contribution in [0.1, 0.15) is 33.5 Å². The highest BCUT2D eigenvalue weighted by molar-refractivity contribution is 7.09. The SMILES string of the molecule is CC(=O)N1CCN(C(=O)c2csc(CN(Cc3ccc(F)cc3)Cc3ccccc3F)n2)CC1.